The van der Waals surface area contributed by atoms with Crippen LogP contribution in [0.3, 0.4) is 0 Å². The van der Waals surface area contributed by atoms with E-state index in [1.165, 1.54) is 25.7 Å². The van der Waals surface area contributed by atoms with Crippen molar-refractivity contribution in [3.8, 4) is 0 Å². The Kier molecular flexibility index (Phi) is 4.29. The van der Waals surface area contributed by atoms with Gasteiger partial charge in [0.15, 0.2) is 0 Å². The average molecular weight is 305 g/mol. The Morgan fingerprint density at radius 2 is 1.86 bits per heavy atom. The van der Waals surface area contributed by atoms with Crippen LogP contribution in [-0.4, -0.2) is 9.55 Å². The number of rotatable bonds is 2. The van der Waals surface area contributed by atoms with Gasteiger partial charge in [-0.05, 0) is 31.9 Å². The zero-order valence-electron chi connectivity index (χ0n) is 12.4. The van der Waals surface area contributed by atoms with Crippen LogP contribution in [0.1, 0.15) is 62.7 Å². The van der Waals surface area contributed by atoms with Crippen LogP contribution in [0.5, 0.6) is 0 Å². The highest BCUT2D eigenvalue weighted by molar-refractivity contribution is 6.20. The van der Waals surface area contributed by atoms with Crippen molar-refractivity contribution in [3.05, 3.63) is 40.4 Å². The van der Waals surface area contributed by atoms with E-state index in [4.69, 9.17) is 11.6 Å². The molecule has 1 aromatic carbocycles. The number of aromatic nitrogens is 2. The van der Waals surface area contributed by atoms with Crippen LogP contribution in [0.25, 0.3) is 10.9 Å². The van der Waals surface area contributed by atoms with Crippen molar-refractivity contribution < 1.29 is 0 Å². The van der Waals surface area contributed by atoms with Gasteiger partial charge in [0.25, 0.3) is 5.56 Å². The molecule has 4 heteroatoms. The van der Waals surface area contributed by atoms with Gasteiger partial charge in [0.2, 0.25) is 0 Å². The number of hydrogen-bond donors (Lipinski definition) is 0. The lowest BCUT2D eigenvalue weighted by atomic mass is 10.1. The van der Waals surface area contributed by atoms with Crippen LogP contribution in [0, 0.1) is 0 Å². The molecular weight excluding hydrogens is 284 g/mol. The summed E-state index contributed by atoms with van der Waals surface area (Å²) in [5.74, 6) is 0.715. The van der Waals surface area contributed by atoms with Crippen molar-refractivity contribution in [1.29, 1.82) is 0 Å². The minimum Gasteiger partial charge on any atom is -0.292 e. The molecule has 3 rings (SSSR count). The Labute approximate surface area is 130 Å². The number of fused-ring (bicyclic) bond motifs is 1. The van der Waals surface area contributed by atoms with Gasteiger partial charge < -0.3 is 0 Å². The highest BCUT2D eigenvalue weighted by Crippen LogP contribution is 2.30. The summed E-state index contributed by atoms with van der Waals surface area (Å²) in [4.78, 5) is 17.6. The number of benzene rings is 1. The van der Waals surface area contributed by atoms with Crippen molar-refractivity contribution in [1.82, 2.24) is 9.55 Å². The largest absolute Gasteiger partial charge is 0.292 e. The Bertz CT molecular complexity index is 685. The Morgan fingerprint density at radius 3 is 2.52 bits per heavy atom. The lowest BCUT2D eigenvalue weighted by Crippen LogP contribution is -2.29. The van der Waals surface area contributed by atoms with Crippen molar-refractivity contribution >= 4 is 22.5 Å². The molecule has 0 aliphatic heterocycles. The topological polar surface area (TPSA) is 34.9 Å². The molecule has 0 N–H and O–H groups in total. The third-order valence-corrected chi connectivity index (χ3v) is 4.58. The standard InChI is InChI=1S/C17H21ClN2O/c1-12(18)16-19-15-11-7-6-10-14(15)17(21)20(16)13-8-4-2-3-5-9-13/h6-7,10-13H,2-5,8-9H2,1H3. The Morgan fingerprint density at radius 1 is 1.19 bits per heavy atom. The molecule has 1 atom stereocenters. The summed E-state index contributed by atoms with van der Waals surface area (Å²) in [6.45, 7) is 1.89. The lowest BCUT2D eigenvalue weighted by molar-refractivity contribution is 0.414. The van der Waals surface area contributed by atoms with E-state index in [0.29, 0.717) is 11.2 Å². The number of para-hydroxylation sites is 1. The molecule has 1 aromatic heterocycles. The number of alkyl halides is 1. The third-order valence-electron chi connectivity index (χ3n) is 4.38. The van der Waals surface area contributed by atoms with Crippen LogP contribution >= 0.6 is 11.6 Å². The van der Waals surface area contributed by atoms with Crippen molar-refractivity contribution in [3.63, 3.8) is 0 Å². The van der Waals surface area contributed by atoms with E-state index in [2.05, 4.69) is 4.98 Å². The number of halogens is 1. The molecule has 1 fully saturated rings. The summed E-state index contributed by atoms with van der Waals surface area (Å²) in [6.07, 6.45) is 6.99. The summed E-state index contributed by atoms with van der Waals surface area (Å²) in [5.41, 5.74) is 0.810. The first-order valence-corrected chi connectivity index (χ1v) is 8.27. The van der Waals surface area contributed by atoms with E-state index in [9.17, 15) is 4.79 Å². The molecule has 1 saturated carbocycles. The van der Waals surface area contributed by atoms with Gasteiger partial charge in [-0.25, -0.2) is 4.98 Å². The number of nitrogens with zero attached hydrogens (tertiary/aromatic N) is 2. The van der Waals surface area contributed by atoms with Gasteiger partial charge in [-0.1, -0.05) is 37.8 Å². The molecule has 0 radical (unpaired) electrons. The first-order chi connectivity index (χ1) is 10.2. The minimum atomic E-state index is -0.259. The highest BCUT2D eigenvalue weighted by Gasteiger charge is 2.22. The SMILES string of the molecule is CC(Cl)c1nc2ccccc2c(=O)n1C1CCCCCC1. The van der Waals surface area contributed by atoms with Crippen LogP contribution < -0.4 is 5.56 Å². The fraction of sp³-hybridized carbons (Fsp3) is 0.529. The van der Waals surface area contributed by atoms with Crippen LogP contribution in [0.4, 0.5) is 0 Å². The maximum Gasteiger partial charge on any atom is 0.261 e. The first kappa shape index (κ1) is 14.6. The van der Waals surface area contributed by atoms with E-state index in [0.717, 1.165) is 18.4 Å². The van der Waals surface area contributed by atoms with Crippen LogP contribution in [-0.2, 0) is 0 Å². The van der Waals surface area contributed by atoms with Gasteiger partial charge >= 0.3 is 0 Å². The predicted molar refractivity (Wildman–Crippen MR) is 87.0 cm³/mol. The van der Waals surface area contributed by atoms with E-state index < -0.39 is 0 Å². The lowest BCUT2D eigenvalue weighted by Gasteiger charge is -2.23. The molecule has 1 aliphatic rings. The van der Waals surface area contributed by atoms with Gasteiger partial charge in [0.05, 0.1) is 16.3 Å². The van der Waals surface area contributed by atoms with E-state index in [-0.39, 0.29) is 17.0 Å². The smallest absolute Gasteiger partial charge is 0.261 e. The van der Waals surface area contributed by atoms with Crippen LogP contribution in [0.15, 0.2) is 29.1 Å². The molecule has 0 amide bonds. The maximum absolute atomic E-state index is 12.9. The molecule has 1 heterocycles. The molecule has 112 valence electrons. The molecule has 0 saturated heterocycles. The van der Waals surface area contributed by atoms with Gasteiger partial charge in [-0.2, -0.15) is 0 Å². The van der Waals surface area contributed by atoms with Crippen molar-refractivity contribution in [2.45, 2.75) is 56.9 Å². The highest BCUT2D eigenvalue weighted by atomic mass is 35.5. The normalized spacial score (nSPS) is 18.6. The summed E-state index contributed by atoms with van der Waals surface area (Å²) in [6, 6.07) is 7.80. The van der Waals surface area contributed by atoms with E-state index in [1.807, 2.05) is 35.8 Å². The second kappa shape index (κ2) is 6.18. The van der Waals surface area contributed by atoms with E-state index in [1.54, 1.807) is 0 Å². The number of hydrogen-bond acceptors (Lipinski definition) is 2. The van der Waals surface area contributed by atoms with Gasteiger partial charge in [0.1, 0.15) is 5.82 Å². The second-order valence-corrected chi connectivity index (χ2v) is 6.58. The van der Waals surface area contributed by atoms with Gasteiger partial charge in [-0.15, -0.1) is 11.6 Å². The molecule has 1 unspecified atom stereocenters. The summed E-state index contributed by atoms with van der Waals surface area (Å²) in [5, 5.41) is 0.438. The Balaban J connectivity index is 2.20. The quantitative estimate of drug-likeness (QED) is 0.600. The summed E-state index contributed by atoms with van der Waals surface area (Å²) >= 11 is 6.32. The van der Waals surface area contributed by atoms with Crippen molar-refractivity contribution in [2.75, 3.05) is 0 Å². The van der Waals surface area contributed by atoms with Crippen molar-refractivity contribution in [2.24, 2.45) is 0 Å². The molecule has 0 spiro atoms. The zero-order chi connectivity index (χ0) is 14.8. The molecule has 0 bridgehead atoms. The van der Waals surface area contributed by atoms with Gasteiger partial charge in [0, 0.05) is 6.04 Å². The minimum absolute atomic E-state index is 0.0648. The maximum atomic E-state index is 12.9. The fourth-order valence-electron chi connectivity index (χ4n) is 3.31. The fourth-order valence-corrected chi connectivity index (χ4v) is 3.47. The van der Waals surface area contributed by atoms with Crippen LogP contribution in [0.2, 0.25) is 0 Å². The molecule has 2 aromatic rings. The Hall–Kier alpha value is -1.35. The summed E-state index contributed by atoms with van der Waals surface area (Å²) in [7, 11) is 0. The molecule has 1 aliphatic carbocycles. The zero-order valence-corrected chi connectivity index (χ0v) is 13.1. The third kappa shape index (κ3) is 2.84. The molecule has 21 heavy (non-hydrogen) atoms. The first-order valence-electron chi connectivity index (χ1n) is 7.83. The predicted octanol–water partition coefficient (Wildman–Crippen LogP) is 4.59. The van der Waals surface area contributed by atoms with Gasteiger partial charge in [-0.3, -0.25) is 9.36 Å². The van der Waals surface area contributed by atoms with E-state index >= 15 is 0 Å². The molecule has 3 nitrogen and oxygen atoms in total. The second-order valence-electron chi connectivity index (χ2n) is 5.92. The molecular formula is C17H21ClN2O. The monoisotopic (exact) mass is 304 g/mol. The average Bonchev–Trinajstić information content (AvgIpc) is 2.76. The summed E-state index contributed by atoms with van der Waals surface area (Å²) < 4.78 is 1.88.